The monoisotopic (exact) mass is 897 g/mol. The first-order valence-corrected chi connectivity index (χ1v) is 20.6. The number of ether oxygens (including phenoxy) is 5. The fourth-order valence-electron chi connectivity index (χ4n) is 5.44. The van der Waals surface area contributed by atoms with Gasteiger partial charge in [-0.3, -0.25) is 24.1 Å². The lowest BCUT2D eigenvalue weighted by Crippen LogP contribution is -2.68. The molecule has 0 aromatic heterocycles. The van der Waals surface area contributed by atoms with Gasteiger partial charge in [0.05, 0.1) is 21.7 Å². The molecule has 1 aromatic rings. The lowest BCUT2D eigenvalue weighted by molar-refractivity contribution is -0.287. The summed E-state index contributed by atoms with van der Waals surface area (Å²) >= 11 is 3.49. The molecule has 0 N–H and O–H groups in total. The van der Waals surface area contributed by atoms with Gasteiger partial charge in [-0.25, -0.2) is 0 Å². The van der Waals surface area contributed by atoms with Gasteiger partial charge in [0, 0.05) is 23.5 Å². The van der Waals surface area contributed by atoms with E-state index in [1.165, 1.54) is 0 Å². The van der Waals surface area contributed by atoms with Crippen LogP contribution in [0.4, 0.5) is 13.2 Å². The molecular weight excluding hydrogens is 843 g/mol. The van der Waals surface area contributed by atoms with E-state index in [1.807, 2.05) is 0 Å². The second kappa shape index (κ2) is 17.6. The van der Waals surface area contributed by atoms with E-state index in [0.717, 1.165) is 6.08 Å². The molecule has 0 bridgehead atoms. The maximum Gasteiger partial charge on any atom is 0.534 e. The summed E-state index contributed by atoms with van der Waals surface area (Å²) in [6.07, 6.45) is -6.71. The molecule has 1 aromatic carbocycles. The number of carbonyl (C=O) groups is 4. The Labute approximate surface area is 341 Å². The third-order valence-electron chi connectivity index (χ3n) is 8.84. The van der Waals surface area contributed by atoms with Crippen molar-refractivity contribution in [2.24, 2.45) is 21.7 Å². The quantitative estimate of drug-likeness (QED) is 0.102. The average Bonchev–Trinajstić information content (AvgIpc) is 3.04. The summed E-state index contributed by atoms with van der Waals surface area (Å²) in [4.78, 5) is 55.8. The zero-order valence-electron chi connectivity index (χ0n) is 34.4. The van der Waals surface area contributed by atoms with Crippen molar-refractivity contribution in [3.8, 4) is 0 Å². The number of nitrogens with zero attached hydrogens (tertiary/aromatic N) is 1. The smallest absolute Gasteiger partial charge is 0.462 e. The van der Waals surface area contributed by atoms with E-state index < -0.39 is 117 Å². The zero-order valence-corrected chi connectivity index (χ0v) is 36.8. The van der Waals surface area contributed by atoms with E-state index in [9.17, 15) is 40.8 Å². The van der Waals surface area contributed by atoms with Crippen LogP contribution < -0.4 is 0 Å². The number of esters is 4. The number of benzene rings is 1. The Morgan fingerprint density at radius 1 is 0.754 bits per heavy atom. The Balaban J connectivity index is 2.33. The topological polar surface area (TPSA) is 161 Å². The van der Waals surface area contributed by atoms with Crippen LogP contribution in [-0.4, -0.2) is 92.5 Å². The van der Waals surface area contributed by atoms with Crippen molar-refractivity contribution >= 4 is 49.9 Å². The SMILES string of the molecule is CC(C)(C)C(=O)OC[C@H]1O[C@@H](N2CC=C(OS(=O)(=O)C(F)(F)F)C[C@H]2Cc2ccccc2Br)[C@H](OC(=O)C(C)(C)C)[C@@H](OC(=O)C(C)(C)C)[C@H]1OC(=O)C(C)(C)C. The second-order valence-electron chi connectivity index (χ2n) is 18.3. The molecule has 1 saturated heterocycles. The van der Waals surface area contributed by atoms with Crippen molar-refractivity contribution in [1.29, 1.82) is 0 Å². The highest BCUT2D eigenvalue weighted by Gasteiger charge is 2.57. The van der Waals surface area contributed by atoms with Crippen LogP contribution in [0.5, 0.6) is 0 Å². The minimum absolute atomic E-state index is 0.0621. The van der Waals surface area contributed by atoms with Gasteiger partial charge in [-0.2, -0.15) is 21.6 Å². The molecule has 2 aliphatic heterocycles. The predicted octanol–water partition coefficient (Wildman–Crippen LogP) is 7.00. The normalized spacial score (nSPS) is 24.2. The van der Waals surface area contributed by atoms with Crippen LogP contribution in [0.25, 0.3) is 0 Å². The van der Waals surface area contributed by atoms with E-state index >= 15 is 0 Å². The molecule has 13 nitrogen and oxygen atoms in total. The molecule has 3 rings (SSSR count). The Morgan fingerprint density at radius 2 is 1.23 bits per heavy atom. The minimum atomic E-state index is -6.04. The Morgan fingerprint density at radius 3 is 1.70 bits per heavy atom. The van der Waals surface area contributed by atoms with Gasteiger partial charge in [0.2, 0.25) is 0 Å². The summed E-state index contributed by atoms with van der Waals surface area (Å²) in [5.41, 5.74) is -9.39. The second-order valence-corrected chi connectivity index (χ2v) is 20.7. The fraction of sp³-hybridized carbons (Fsp3) is 0.692. The van der Waals surface area contributed by atoms with Crippen LogP contribution in [0.15, 0.2) is 40.6 Å². The standard InChI is InChI=1S/C39H55BrF3NO12S/c1-35(2,3)31(45)51-21-26-27(53-32(46)36(4,5)6)28(54-33(47)37(7,8)9)29(55-34(48)38(10,11)12)30(52-26)44-18-17-24(56-57(49,50)39(41,42)43)20-23(44)19-22-15-13-14-16-25(22)40/h13-17,23,26-30H,18-21H2,1-12H3/t23-,26-,27+,28+,29-,30-/m1/s1. The summed E-state index contributed by atoms with van der Waals surface area (Å²) < 4.78 is 101. The van der Waals surface area contributed by atoms with Crippen LogP contribution in [0, 0.1) is 21.7 Å². The first kappa shape index (κ1) is 48.2. The maximum atomic E-state index is 13.8. The van der Waals surface area contributed by atoms with E-state index in [2.05, 4.69) is 20.1 Å². The molecule has 0 aliphatic carbocycles. The van der Waals surface area contributed by atoms with E-state index in [4.69, 9.17) is 23.7 Å². The van der Waals surface area contributed by atoms with Gasteiger partial charge in [0.1, 0.15) is 18.5 Å². The molecule has 57 heavy (non-hydrogen) atoms. The molecule has 322 valence electrons. The van der Waals surface area contributed by atoms with Gasteiger partial charge < -0.3 is 27.9 Å². The van der Waals surface area contributed by atoms with Crippen LogP contribution in [0.2, 0.25) is 0 Å². The molecule has 6 atom stereocenters. The predicted molar refractivity (Wildman–Crippen MR) is 204 cm³/mol. The lowest BCUT2D eigenvalue weighted by Gasteiger charge is -2.51. The Hall–Kier alpha value is -3.22. The number of halogens is 4. The molecule has 2 heterocycles. The van der Waals surface area contributed by atoms with E-state index in [0.29, 0.717) is 10.0 Å². The Kier molecular flexibility index (Phi) is 14.8. The highest BCUT2D eigenvalue weighted by Crippen LogP contribution is 2.39. The van der Waals surface area contributed by atoms with Gasteiger partial charge in [-0.1, -0.05) is 34.1 Å². The minimum Gasteiger partial charge on any atom is -0.462 e. The third kappa shape index (κ3) is 12.6. The number of hydrogen-bond donors (Lipinski definition) is 0. The average molecular weight is 899 g/mol. The third-order valence-corrected chi connectivity index (χ3v) is 10.6. The molecule has 1 fully saturated rings. The Bertz CT molecular complexity index is 1790. The number of rotatable bonds is 10. The maximum absolute atomic E-state index is 13.8. The first-order valence-electron chi connectivity index (χ1n) is 18.4. The molecule has 0 unspecified atom stereocenters. The van der Waals surface area contributed by atoms with Crippen molar-refractivity contribution in [2.75, 3.05) is 13.2 Å². The van der Waals surface area contributed by atoms with Gasteiger partial charge in [-0.05, 0) is 107 Å². The van der Waals surface area contributed by atoms with Crippen molar-refractivity contribution in [3.05, 3.63) is 46.1 Å². The van der Waals surface area contributed by atoms with Crippen LogP contribution >= 0.6 is 15.9 Å². The number of carbonyl (C=O) groups excluding carboxylic acids is 4. The molecule has 0 radical (unpaired) electrons. The summed E-state index contributed by atoms with van der Waals surface area (Å²) in [5, 5.41) is 0. The van der Waals surface area contributed by atoms with Crippen LogP contribution in [0.3, 0.4) is 0 Å². The summed E-state index contributed by atoms with van der Waals surface area (Å²) in [6.45, 7) is 18.3. The summed E-state index contributed by atoms with van der Waals surface area (Å²) in [7, 11) is -6.04. The molecule has 0 saturated carbocycles. The molecule has 18 heteroatoms. The van der Waals surface area contributed by atoms with Gasteiger partial charge in [0.25, 0.3) is 0 Å². The number of alkyl halides is 3. The van der Waals surface area contributed by atoms with Gasteiger partial charge in [0.15, 0.2) is 24.5 Å². The van der Waals surface area contributed by atoms with Crippen molar-refractivity contribution in [2.45, 2.75) is 138 Å². The van der Waals surface area contributed by atoms with E-state index in [1.54, 1.807) is 112 Å². The van der Waals surface area contributed by atoms with Gasteiger partial charge in [-0.15, -0.1) is 0 Å². The fourth-order valence-corrected chi connectivity index (χ4v) is 6.40. The highest BCUT2D eigenvalue weighted by molar-refractivity contribution is 9.10. The highest BCUT2D eigenvalue weighted by atomic mass is 79.9. The molecule has 0 spiro atoms. The molecular formula is C39H55BrF3NO12S. The van der Waals surface area contributed by atoms with Crippen LogP contribution in [-0.2, 0) is 63.6 Å². The van der Waals surface area contributed by atoms with E-state index in [-0.39, 0.29) is 13.0 Å². The lowest BCUT2D eigenvalue weighted by atomic mass is 9.90. The van der Waals surface area contributed by atoms with Crippen molar-refractivity contribution in [1.82, 2.24) is 4.90 Å². The summed E-state index contributed by atoms with van der Waals surface area (Å²) in [6, 6.07) is 6.05. The van der Waals surface area contributed by atoms with Gasteiger partial charge >= 0.3 is 39.5 Å². The molecule has 2 aliphatic rings. The van der Waals surface area contributed by atoms with Crippen LogP contribution in [0.1, 0.15) is 95.1 Å². The zero-order chi connectivity index (χ0) is 43.7. The van der Waals surface area contributed by atoms with Crippen molar-refractivity contribution in [3.63, 3.8) is 0 Å². The number of hydrogen-bond acceptors (Lipinski definition) is 13. The molecule has 0 amide bonds. The first-order chi connectivity index (χ1) is 25.7. The largest absolute Gasteiger partial charge is 0.534 e. The summed E-state index contributed by atoms with van der Waals surface area (Å²) in [5.74, 6) is -3.44. The van der Waals surface area contributed by atoms with Crippen molar-refractivity contribution < 1.29 is 68.6 Å².